The third kappa shape index (κ3) is 2.68. The lowest BCUT2D eigenvalue weighted by Crippen LogP contribution is -2.68. The maximum atomic E-state index is 11.8. The summed E-state index contributed by atoms with van der Waals surface area (Å²) in [6.45, 7) is 0. The molecule has 2 aliphatic rings. The molecule has 21 heavy (non-hydrogen) atoms. The maximum absolute atomic E-state index is 11.8. The second kappa shape index (κ2) is 5.80. The minimum atomic E-state index is -1.09. The molecule has 0 spiro atoms. The normalized spacial score (nSPS) is 24.9. The predicted molar refractivity (Wildman–Crippen MR) is 83.6 cm³/mol. The third-order valence-electron chi connectivity index (χ3n) is 3.06. The summed E-state index contributed by atoms with van der Waals surface area (Å²) in [7, 11) is 0. The Kier molecular flexibility index (Phi) is 4.19. The van der Waals surface area contributed by atoms with Crippen molar-refractivity contribution in [1.29, 1.82) is 0 Å². The molecule has 7 nitrogen and oxygen atoms in total. The predicted octanol–water partition coefficient (Wildman–Crippen LogP) is 0.500. The number of fused-ring (bicyclic) bond motifs is 1. The summed E-state index contributed by atoms with van der Waals surface area (Å²) in [6, 6.07) is -0.603. The number of amides is 1. The van der Waals surface area contributed by atoms with Gasteiger partial charge in [0.15, 0.2) is 8.68 Å². The smallest absolute Gasteiger partial charge is 0.352 e. The van der Waals surface area contributed by atoms with Gasteiger partial charge < -0.3 is 10.8 Å². The molecule has 2 atom stereocenters. The molecule has 0 radical (unpaired) electrons. The van der Waals surface area contributed by atoms with Gasteiger partial charge in [0.2, 0.25) is 5.91 Å². The number of carbonyl (C=O) groups excluding carboxylic acids is 1. The van der Waals surface area contributed by atoms with Gasteiger partial charge in [-0.3, -0.25) is 9.69 Å². The summed E-state index contributed by atoms with van der Waals surface area (Å²) in [4.78, 5) is 24.6. The van der Waals surface area contributed by atoms with Crippen molar-refractivity contribution in [3.8, 4) is 0 Å². The molecule has 3 N–H and O–H groups in total. The first-order chi connectivity index (χ1) is 9.99. The van der Waals surface area contributed by atoms with E-state index in [0.29, 0.717) is 21.4 Å². The van der Waals surface area contributed by atoms with Gasteiger partial charge in [-0.1, -0.05) is 23.1 Å². The largest absolute Gasteiger partial charge is 0.477 e. The van der Waals surface area contributed by atoms with E-state index in [1.54, 1.807) is 0 Å². The van der Waals surface area contributed by atoms with E-state index >= 15 is 0 Å². The van der Waals surface area contributed by atoms with Crippen LogP contribution in [0.3, 0.4) is 0 Å². The van der Waals surface area contributed by atoms with E-state index in [2.05, 4.69) is 22.8 Å². The van der Waals surface area contributed by atoms with Gasteiger partial charge in [0.1, 0.15) is 17.1 Å². The van der Waals surface area contributed by atoms with Gasteiger partial charge in [-0.15, -0.1) is 34.6 Å². The Morgan fingerprint density at radius 3 is 2.95 bits per heavy atom. The summed E-state index contributed by atoms with van der Waals surface area (Å²) in [5.74, 6) is -0.435. The number of rotatable bonds is 4. The van der Waals surface area contributed by atoms with Crippen LogP contribution >= 0.6 is 47.5 Å². The zero-order valence-corrected chi connectivity index (χ0v) is 13.8. The van der Waals surface area contributed by atoms with Gasteiger partial charge in [-0.2, -0.15) is 0 Å². The van der Waals surface area contributed by atoms with E-state index in [1.807, 2.05) is 0 Å². The molecule has 1 aromatic rings. The average molecular weight is 362 g/mol. The van der Waals surface area contributed by atoms with Gasteiger partial charge in [0.25, 0.3) is 0 Å². The lowest BCUT2D eigenvalue weighted by Gasteiger charge is -2.48. The number of thioether (sulfide) groups is 2. The molecule has 1 aromatic heterocycles. The second-order valence-corrected chi connectivity index (χ2v) is 8.36. The van der Waals surface area contributed by atoms with E-state index in [9.17, 15) is 14.7 Å². The van der Waals surface area contributed by atoms with Crippen molar-refractivity contribution in [1.82, 2.24) is 15.1 Å². The number of hydrogen-bond donors (Lipinski definition) is 3. The summed E-state index contributed by atoms with van der Waals surface area (Å²) < 4.78 is 1.28. The number of nitrogens with two attached hydrogens (primary N) is 1. The number of thiol groups is 1. The Hall–Kier alpha value is -0.750. The van der Waals surface area contributed by atoms with Gasteiger partial charge in [0.05, 0.1) is 0 Å². The van der Waals surface area contributed by atoms with Crippen molar-refractivity contribution in [2.45, 2.75) is 20.1 Å². The fourth-order valence-corrected chi connectivity index (χ4v) is 5.62. The van der Waals surface area contributed by atoms with Crippen LogP contribution < -0.4 is 5.73 Å². The van der Waals surface area contributed by atoms with Gasteiger partial charge in [-0.05, 0) is 5.57 Å². The maximum Gasteiger partial charge on any atom is 0.352 e. The fourth-order valence-electron chi connectivity index (χ4n) is 2.10. The van der Waals surface area contributed by atoms with E-state index in [4.69, 9.17) is 5.73 Å². The molecule has 11 heteroatoms. The third-order valence-corrected chi connectivity index (χ3v) is 6.73. The molecule has 1 saturated heterocycles. The van der Waals surface area contributed by atoms with Crippen LogP contribution in [0.5, 0.6) is 0 Å². The number of carboxylic acids is 1. The Labute approximate surface area is 137 Å². The van der Waals surface area contributed by atoms with Crippen molar-refractivity contribution in [2.75, 3.05) is 11.5 Å². The SMILES string of the molecule is N[C@@H]1C(=O)N2C(C(=O)O)=C(CSc3nnc(S)s3)CS[C@H]12. The van der Waals surface area contributed by atoms with Crippen LogP contribution in [-0.4, -0.2) is 55.0 Å². The minimum Gasteiger partial charge on any atom is -0.477 e. The highest BCUT2D eigenvalue weighted by atomic mass is 32.2. The molecule has 0 unspecified atom stereocenters. The van der Waals surface area contributed by atoms with Crippen LogP contribution in [0.15, 0.2) is 19.9 Å². The molecule has 3 heterocycles. The monoisotopic (exact) mass is 362 g/mol. The summed E-state index contributed by atoms with van der Waals surface area (Å²) in [5.41, 5.74) is 6.46. The topological polar surface area (TPSA) is 109 Å². The number of hydrogen-bond acceptors (Lipinski definition) is 9. The molecule has 0 bridgehead atoms. The lowest BCUT2D eigenvalue weighted by atomic mass is 10.0. The van der Waals surface area contributed by atoms with Gasteiger partial charge >= 0.3 is 5.97 Å². The van der Waals surface area contributed by atoms with Crippen molar-refractivity contribution in [3.63, 3.8) is 0 Å². The minimum absolute atomic E-state index is 0.0635. The van der Waals surface area contributed by atoms with E-state index < -0.39 is 12.0 Å². The average Bonchev–Trinajstić information content (AvgIpc) is 2.88. The Bertz CT molecular complexity index is 646. The summed E-state index contributed by atoms with van der Waals surface area (Å²) in [6.07, 6.45) is 0. The lowest BCUT2D eigenvalue weighted by molar-refractivity contribution is -0.147. The van der Waals surface area contributed by atoms with Gasteiger partial charge in [0, 0.05) is 11.5 Å². The quantitative estimate of drug-likeness (QED) is 0.404. The van der Waals surface area contributed by atoms with Crippen LogP contribution in [0, 0.1) is 0 Å². The molecule has 0 saturated carbocycles. The Morgan fingerprint density at radius 2 is 2.33 bits per heavy atom. The van der Waals surface area contributed by atoms with Crippen LogP contribution in [-0.2, 0) is 9.59 Å². The number of carbonyl (C=O) groups is 2. The standard InChI is InChI=1S/C10H10N4O3S4/c11-4-6(15)14-5(8(16)17)3(1-19-7(4)14)2-20-10-13-12-9(18)21-10/h4,7H,1-2,11H2,(H,12,18)(H,16,17)/t4-,7-/m1/s1. The zero-order chi connectivity index (χ0) is 15.1. The first-order valence-corrected chi connectivity index (χ1v) is 9.09. The van der Waals surface area contributed by atoms with Crippen LogP contribution in [0.1, 0.15) is 0 Å². The molecule has 3 rings (SSSR count). The highest BCUT2D eigenvalue weighted by Crippen LogP contribution is 2.40. The molecule has 2 aliphatic heterocycles. The fraction of sp³-hybridized carbons (Fsp3) is 0.400. The molecule has 1 amide bonds. The number of aromatic nitrogens is 2. The summed E-state index contributed by atoms with van der Waals surface area (Å²) >= 11 is 8.30. The molecule has 1 fully saturated rings. The van der Waals surface area contributed by atoms with Gasteiger partial charge in [-0.25, -0.2) is 4.79 Å². The molecule has 112 valence electrons. The van der Waals surface area contributed by atoms with Crippen LogP contribution in [0.4, 0.5) is 0 Å². The highest BCUT2D eigenvalue weighted by Gasteiger charge is 2.51. The van der Waals surface area contributed by atoms with E-state index in [-0.39, 0.29) is 17.0 Å². The highest BCUT2D eigenvalue weighted by molar-refractivity contribution is 8.02. The first kappa shape index (κ1) is 15.2. The number of carboxylic acid groups (broad SMARTS) is 1. The zero-order valence-electron chi connectivity index (χ0n) is 10.4. The van der Waals surface area contributed by atoms with Crippen molar-refractivity contribution < 1.29 is 14.7 Å². The number of β-lactam (4-membered cyclic amide) rings is 1. The van der Waals surface area contributed by atoms with Crippen molar-refractivity contribution in [3.05, 3.63) is 11.3 Å². The number of aliphatic carboxylic acids is 1. The summed E-state index contributed by atoms with van der Waals surface area (Å²) in [5, 5.41) is 16.8. The Morgan fingerprint density at radius 1 is 1.57 bits per heavy atom. The van der Waals surface area contributed by atoms with Crippen LogP contribution in [0.25, 0.3) is 0 Å². The van der Waals surface area contributed by atoms with E-state index in [0.717, 1.165) is 4.34 Å². The molecular formula is C10H10N4O3S4. The van der Waals surface area contributed by atoms with Crippen LogP contribution in [0.2, 0.25) is 0 Å². The van der Waals surface area contributed by atoms with E-state index in [1.165, 1.54) is 39.8 Å². The Balaban J connectivity index is 1.81. The first-order valence-electron chi connectivity index (χ1n) is 5.80. The molecular weight excluding hydrogens is 352 g/mol. The van der Waals surface area contributed by atoms with Crippen molar-refractivity contribution >= 4 is 59.4 Å². The second-order valence-electron chi connectivity index (χ2n) is 4.33. The molecule has 0 aliphatic carbocycles. The number of nitrogens with zero attached hydrogens (tertiary/aromatic N) is 3. The van der Waals surface area contributed by atoms with Crippen molar-refractivity contribution in [2.24, 2.45) is 5.73 Å². The molecule has 0 aromatic carbocycles.